The van der Waals surface area contributed by atoms with Gasteiger partial charge in [-0.25, -0.2) is 0 Å². The lowest BCUT2D eigenvalue weighted by atomic mass is 9.50. The minimum atomic E-state index is -0.0477. The summed E-state index contributed by atoms with van der Waals surface area (Å²) in [5, 5.41) is 10.1. The van der Waals surface area contributed by atoms with Crippen LogP contribution in [0.5, 0.6) is 0 Å². The first-order valence-corrected chi connectivity index (χ1v) is 8.81. The molecular weight excluding hydrogens is 248 g/mol. The highest BCUT2D eigenvalue weighted by Crippen LogP contribution is 2.61. The second-order valence-corrected chi connectivity index (χ2v) is 8.32. The molecule has 2 unspecified atom stereocenters. The Morgan fingerprint density at radius 3 is 2.65 bits per heavy atom. The lowest BCUT2D eigenvalue weighted by Gasteiger charge is -2.54. The van der Waals surface area contributed by atoms with Gasteiger partial charge in [-0.05, 0) is 81.0 Å². The van der Waals surface area contributed by atoms with Gasteiger partial charge in [0.25, 0.3) is 0 Å². The van der Waals surface area contributed by atoms with E-state index in [-0.39, 0.29) is 11.5 Å². The molecule has 0 amide bonds. The molecule has 4 rings (SSSR count). The summed E-state index contributed by atoms with van der Waals surface area (Å²) >= 11 is 0. The molecule has 0 saturated heterocycles. The molecule has 0 aliphatic heterocycles. The van der Waals surface area contributed by atoms with Crippen molar-refractivity contribution in [2.75, 3.05) is 0 Å². The molecule has 0 heterocycles. The van der Waals surface area contributed by atoms with Gasteiger partial charge in [-0.3, -0.25) is 4.79 Å². The molecular formula is C18H28O2. The fourth-order valence-corrected chi connectivity index (χ4v) is 6.57. The Hall–Kier alpha value is -0.370. The van der Waals surface area contributed by atoms with Gasteiger partial charge in [0.1, 0.15) is 5.78 Å². The van der Waals surface area contributed by atoms with Gasteiger partial charge < -0.3 is 5.11 Å². The van der Waals surface area contributed by atoms with E-state index in [9.17, 15) is 9.90 Å². The van der Waals surface area contributed by atoms with Crippen LogP contribution >= 0.6 is 0 Å². The third-order valence-corrected chi connectivity index (χ3v) is 7.64. The molecule has 20 heavy (non-hydrogen) atoms. The smallest absolute Gasteiger partial charge is 0.139 e. The topological polar surface area (TPSA) is 37.3 Å². The first-order chi connectivity index (χ1) is 9.59. The lowest BCUT2D eigenvalue weighted by molar-refractivity contribution is -0.133. The largest absolute Gasteiger partial charge is 0.393 e. The van der Waals surface area contributed by atoms with E-state index < -0.39 is 0 Å². The Bertz CT molecular complexity index is 418. The molecule has 4 fully saturated rings. The first-order valence-electron chi connectivity index (χ1n) is 8.81. The zero-order valence-corrected chi connectivity index (χ0v) is 12.7. The Morgan fingerprint density at radius 2 is 1.80 bits per heavy atom. The van der Waals surface area contributed by atoms with Crippen LogP contribution in [0.2, 0.25) is 0 Å². The summed E-state index contributed by atoms with van der Waals surface area (Å²) in [6.07, 6.45) is 10.3. The second kappa shape index (κ2) is 4.56. The Morgan fingerprint density at radius 1 is 1.00 bits per heavy atom. The van der Waals surface area contributed by atoms with Gasteiger partial charge in [0, 0.05) is 11.8 Å². The van der Waals surface area contributed by atoms with Gasteiger partial charge in [-0.2, -0.15) is 0 Å². The Kier molecular flexibility index (Phi) is 3.03. The molecule has 2 heteroatoms. The molecule has 4 aliphatic carbocycles. The molecule has 1 N–H and O–H groups in total. The average molecular weight is 276 g/mol. The lowest BCUT2D eigenvalue weighted by Crippen LogP contribution is -2.49. The maximum absolute atomic E-state index is 12.3. The van der Waals surface area contributed by atoms with Gasteiger partial charge in [0.05, 0.1) is 6.10 Å². The van der Waals surface area contributed by atoms with Crippen LogP contribution in [0, 0.1) is 35.0 Å². The minimum absolute atomic E-state index is 0.0152. The van der Waals surface area contributed by atoms with Crippen LogP contribution in [0.4, 0.5) is 0 Å². The van der Waals surface area contributed by atoms with Gasteiger partial charge in [-0.15, -0.1) is 0 Å². The highest BCUT2D eigenvalue weighted by molar-refractivity contribution is 5.87. The standard InChI is InChI=1S/C18H28O2/c1-18-9-8-13-14(16(18)6-7-17(18)20)5-3-11-2-4-12(19)10-15(11)13/h11-16,19H,2-10H2,1H3/t11?,12?,13-,14+,15-,16-,18-/m0/s1. The van der Waals surface area contributed by atoms with E-state index in [1.165, 1.54) is 25.7 Å². The van der Waals surface area contributed by atoms with Crippen LogP contribution in [-0.2, 0) is 4.79 Å². The fourth-order valence-electron chi connectivity index (χ4n) is 6.57. The number of aliphatic hydroxyl groups excluding tert-OH is 1. The molecule has 112 valence electrons. The van der Waals surface area contributed by atoms with E-state index in [2.05, 4.69) is 6.92 Å². The summed E-state index contributed by atoms with van der Waals surface area (Å²) in [6.45, 7) is 2.25. The monoisotopic (exact) mass is 276 g/mol. The van der Waals surface area contributed by atoms with Gasteiger partial charge in [-0.1, -0.05) is 6.92 Å². The van der Waals surface area contributed by atoms with Crippen LogP contribution in [-0.4, -0.2) is 17.0 Å². The highest BCUT2D eigenvalue weighted by atomic mass is 16.3. The van der Waals surface area contributed by atoms with Crippen molar-refractivity contribution in [3.63, 3.8) is 0 Å². The van der Waals surface area contributed by atoms with E-state index in [4.69, 9.17) is 0 Å². The summed E-state index contributed by atoms with van der Waals surface area (Å²) < 4.78 is 0. The van der Waals surface area contributed by atoms with Crippen LogP contribution in [0.25, 0.3) is 0 Å². The van der Waals surface area contributed by atoms with Gasteiger partial charge in [0.2, 0.25) is 0 Å². The summed E-state index contributed by atoms with van der Waals surface area (Å²) in [7, 11) is 0. The quantitative estimate of drug-likeness (QED) is 0.734. The molecule has 4 aliphatic rings. The molecule has 0 spiro atoms. The highest BCUT2D eigenvalue weighted by Gasteiger charge is 2.56. The number of ketones is 1. The number of fused-ring (bicyclic) bond motifs is 5. The van der Waals surface area contributed by atoms with Crippen molar-refractivity contribution in [3.05, 3.63) is 0 Å². The number of rotatable bonds is 0. The van der Waals surface area contributed by atoms with Crippen molar-refractivity contribution in [1.29, 1.82) is 0 Å². The zero-order valence-electron chi connectivity index (χ0n) is 12.7. The van der Waals surface area contributed by atoms with Crippen molar-refractivity contribution < 1.29 is 9.90 Å². The summed E-state index contributed by atoms with van der Waals surface area (Å²) in [4.78, 5) is 12.3. The normalized spacial score (nSPS) is 55.0. The van der Waals surface area contributed by atoms with Crippen LogP contribution in [0.3, 0.4) is 0 Å². The zero-order chi connectivity index (χ0) is 13.9. The van der Waals surface area contributed by atoms with E-state index in [1.54, 1.807) is 0 Å². The fraction of sp³-hybridized carbons (Fsp3) is 0.944. The number of Topliss-reactive ketones (excluding diaryl/α,β-unsaturated/α-hetero) is 1. The predicted octanol–water partition coefficient (Wildman–Crippen LogP) is 3.57. The Labute approximate surface area is 122 Å². The predicted molar refractivity (Wildman–Crippen MR) is 78.1 cm³/mol. The summed E-state index contributed by atoms with van der Waals surface area (Å²) in [5.41, 5.74) is 0.0152. The number of hydrogen-bond donors (Lipinski definition) is 1. The molecule has 2 nitrogen and oxygen atoms in total. The summed E-state index contributed by atoms with van der Waals surface area (Å²) in [6, 6.07) is 0. The van der Waals surface area contributed by atoms with Crippen molar-refractivity contribution >= 4 is 5.78 Å². The number of aliphatic hydroxyl groups is 1. The Balaban J connectivity index is 1.60. The van der Waals surface area contributed by atoms with Crippen molar-refractivity contribution in [3.8, 4) is 0 Å². The van der Waals surface area contributed by atoms with E-state index in [1.807, 2.05) is 0 Å². The molecule has 0 aromatic heterocycles. The molecule has 4 saturated carbocycles. The minimum Gasteiger partial charge on any atom is -0.393 e. The summed E-state index contributed by atoms with van der Waals surface area (Å²) in [5.74, 6) is 4.44. The van der Waals surface area contributed by atoms with Crippen LogP contribution in [0.15, 0.2) is 0 Å². The number of hydrogen-bond acceptors (Lipinski definition) is 2. The van der Waals surface area contributed by atoms with Gasteiger partial charge >= 0.3 is 0 Å². The number of carbonyl (C=O) groups is 1. The van der Waals surface area contributed by atoms with Crippen molar-refractivity contribution in [2.45, 2.75) is 70.8 Å². The SMILES string of the molecule is C[C@]12CC[C@H]3[C@@H](CCC4CCC(O)C[C@@H]43)[C@@H]1CCC2=O. The van der Waals surface area contributed by atoms with Crippen LogP contribution in [0.1, 0.15) is 64.7 Å². The van der Waals surface area contributed by atoms with Crippen molar-refractivity contribution in [2.24, 2.45) is 35.0 Å². The van der Waals surface area contributed by atoms with Gasteiger partial charge in [0.15, 0.2) is 0 Å². The van der Waals surface area contributed by atoms with E-state index in [0.717, 1.165) is 55.8 Å². The molecule has 7 atom stereocenters. The van der Waals surface area contributed by atoms with E-state index in [0.29, 0.717) is 11.7 Å². The molecule has 0 bridgehead atoms. The maximum Gasteiger partial charge on any atom is 0.139 e. The van der Waals surface area contributed by atoms with Crippen LogP contribution < -0.4 is 0 Å². The third kappa shape index (κ3) is 1.76. The molecule has 0 aromatic carbocycles. The maximum atomic E-state index is 12.3. The first kappa shape index (κ1) is 13.3. The number of carbonyl (C=O) groups excluding carboxylic acids is 1. The average Bonchev–Trinajstić information content (AvgIpc) is 2.74. The molecule has 0 radical (unpaired) electrons. The third-order valence-electron chi connectivity index (χ3n) is 7.64. The van der Waals surface area contributed by atoms with E-state index >= 15 is 0 Å². The van der Waals surface area contributed by atoms with Crippen molar-refractivity contribution in [1.82, 2.24) is 0 Å². The second-order valence-electron chi connectivity index (χ2n) is 8.32. The molecule has 0 aromatic rings.